The zero-order valence-corrected chi connectivity index (χ0v) is 26.3. The molecule has 1 saturated heterocycles. The second-order valence-electron chi connectivity index (χ2n) is 12.2. The van der Waals surface area contributed by atoms with Gasteiger partial charge in [0, 0.05) is 24.8 Å². The Kier molecular flexibility index (Phi) is 8.92. The minimum Gasteiger partial charge on any atom is -0.403 e. The molecule has 3 aromatic carbocycles. The van der Waals surface area contributed by atoms with Crippen molar-refractivity contribution in [3.8, 4) is 0 Å². The van der Waals surface area contributed by atoms with Crippen molar-refractivity contribution < 1.29 is 22.7 Å². The van der Waals surface area contributed by atoms with Crippen LogP contribution in [-0.2, 0) is 15.8 Å². The first-order valence-corrected chi connectivity index (χ1v) is 16.6. The lowest BCUT2D eigenvalue weighted by molar-refractivity contribution is -0.00553. The molecule has 5 nitrogen and oxygen atoms in total. The van der Waals surface area contributed by atoms with Crippen molar-refractivity contribution in [2.75, 3.05) is 18.0 Å². The van der Waals surface area contributed by atoms with Crippen LogP contribution in [0, 0.1) is 11.6 Å². The third-order valence-corrected chi connectivity index (χ3v) is 13.0. The van der Waals surface area contributed by atoms with Crippen LogP contribution >= 0.6 is 0 Å². The number of morpholine rings is 1. The Hall–Kier alpha value is -3.72. The molecule has 1 fully saturated rings. The summed E-state index contributed by atoms with van der Waals surface area (Å²) in [5.41, 5.74) is 0.193. The SMILES string of the molecule is C[C@@H]1CN(c2c(CO[Si](c3ccccc3)(c3ccccc3)C(C)(C)C)cc(C(=O)c3ccccn3)c(F)c2F)C[C@H](C)O1. The van der Waals surface area contributed by atoms with Crippen molar-refractivity contribution in [1.29, 1.82) is 0 Å². The summed E-state index contributed by atoms with van der Waals surface area (Å²) in [5, 5.41) is 1.80. The predicted octanol–water partition coefficient (Wildman–Crippen LogP) is 6.28. The van der Waals surface area contributed by atoms with Crippen molar-refractivity contribution in [1.82, 2.24) is 4.98 Å². The fraction of sp³-hybridized carbons (Fsp3) is 0.314. The van der Waals surface area contributed by atoms with E-state index < -0.39 is 25.7 Å². The topological polar surface area (TPSA) is 51.7 Å². The van der Waals surface area contributed by atoms with E-state index in [4.69, 9.17) is 9.16 Å². The van der Waals surface area contributed by atoms with E-state index in [9.17, 15) is 4.79 Å². The molecular weight excluding hydrogens is 562 g/mol. The van der Waals surface area contributed by atoms with Crippen LogP contribution in [0.25, 0.3) is 0 Å². The van der Waals surface area contributed by atoms with Gasteiger partial charge in [0.2, 0.25) is 5.78 Å². The van der Waals surface area contributed by atoms with Crippen LogP contribution in [0.15, 0.2) is 91.1 Å². The van der Waals surface area contributed by atoms with Crippen LogP contribution in [0.3, 0.4) is 0 Å². The van der Waals surface area contributed by atoms with Crippen LogP contribution in [0.4, 0.5) is 14.5 Å². The van der Waals surface area contributed by atoms with E-state index in [1.165, 1.54) is 18.3 Å². The molecule has 2 atom stereocenters. The summed E-state index contributed by atoms with van der Waals surface area (Å²) < 4.78 is 45.1. The zero-order valence-electron chi connectivity index (χ0n) is 25.3. The van der Waals surface area contributed by atoms with Crippen LogP contribution in [-0.4, -0.2) is 44.4 Å². The minimum atomic E-state index is -3.03. The number of hydrogen-bond donors (Lipinski definition) is 0. The molecule has 0 unspecified atom stereocenters. The standard InChI is InChI=1S/C35H38F2N2O3Si/c1-24-21-39(22-25(2)42-24)33-26(20-29(31(36)32(33)37)34(40)30-18-12-13-19-38-30)23-41-43(35(3,4)5,27-14-8-6-9-15-27)28-16-10-7-11-17-28/h6-20,24-25H,21-23H2,1-5H3/t24-,25+. The molecule has 0 radical (unpaired) electrons. The van der Waals surface area contributed by atoms with E-state index in [-0.39, 0.29) is 40.8 Å². The second-order valence-corrected chi connectivity index (χ2v) is 16.5. The maximum Gasteiger partial charge on any atom is 0.261 e. The maximum atomic E-state index is 16.3. The van der Waals surface area contributed by atoms with Gasteiger partial charge in [-0.25, -0.2) is 8.78 Å². The number of rotatable bonds is 8. The van der Waals surface area contributed by atoms with Crippen LogP contribution in [0.1, 0.15) is 56.2 Å². The molecule has 0 saturated carbocycles. The van der Waals surface area contributed by atoms with Crippen LogP contribution in [0.2, 0.25) is 5.04 Å². The summed E-state index contributed by atoms with van der Waals surface area (Å²) in [6, 6.07) is 26.5. The molecule has 2 heterocycles. The monoisotopic (exact) mass is 600 g/mol. The van der Waals surface area contributed by atoms with Gasteiger partial charge < -0.3 is 14.1 Å². The van der Waals surface area contributed by atoms with E-state index >= 15 is 8.78 Å². The number of halogens is 2. The molecular formula is C35H38F2N2O3Si. The summed E-state index contributed by atoms with van der Waals surface area (Å²) >= 11 is 0. The quantitative estimate of drug-likeness (QED) is 0.176. The van der Waals surface area contributed by atoms with Gasteiger partial charge >= 0.3 is 0 Å². The van der Waals surface area contributed by atoms with Crippen molar-refractivity contribution in [2.45, 2.75) is 58.5 Å². The number of carbonyl (C=O) groups is 1. The van der Waals surface area contributed by atoms with Crippen LogP contribution in [0.5, 0.6) is 0 Å². The van der Waals surface area contributed by atoms with E-state index in [0.717, 1.165) is 10.4 Å². The normalized spacial score (nSPS) is 17.6. The number of carbonyl (C=O) groups excluding carboxylic acids is 1. The molecule has 1 aliphatic rings. The number of nitrogens with zero attached hydrogens (tertiary/aromatic N) is 2. The highest BCUT2D eigenvalue weighted by atomic mass is 28.4. The molecule has 5 rings (SSSR count). The highest BCUT2D eigenvalue weighted by Crippen LogP contribution is 2.39. The van der Waals surface area contributed by atoms with Gasteiger partial charge in [-0.05, 0) is 47.5 Å². The van der Waals surface area contributed by atoms with E-state index in [2.05, 4.69) is 50.0 Å². The Labute approximate surface area is 253 Å². The largest absolute Gasteiger partial charge is 0.403 e. The van der Waals surface area contributed by atoms with Crippen molar-refractivity contribution >= 4 is 30.2 Å². The fourth-order valence-electron chi connectivity index (χ4n) is 6.23. The first-order valence-electron chi connectivity index (χ1n) is 14.6. The molecule has 8 heteroatoms. The van der Waals surface area contributed by atoms with Gasteiger partial charge in [-0.3, -0.25) is 9.78 Å². The Bertz CT molecular complexity index is 1510. The lowest BCUT2D eigenvalue weighted by atomic mass is 10.0. The Morgan fingerprint density at radius 1 is 0.907 bits per heavy atom. The molecule has 0 bridgehead atoms. The first kappa shape index (κ1) is 30.7. The summed E-state index contributed by atoms with van der Waals surface area (Å²) in [6.45, 7) is 11.0. The van der Waals surface area contributed by atoms with Gasteiger partial charge in [-0.1, -0.05) is 87.5 Å². The predicted molar refractivity (Wildman–Crippen MR) is 169 cm³/mol. The molecule has 43 heavy (non-hydrogen) atoms. The van der Waals surface area contributed by atoms with Crippen molar-refractivity contribution in [2.24, 2.45) is 0 Å². The molecule has 0 N–H and O–H groups in total. The molecule has 224 valence electrons. The molecule has 4 aromatic rings. The van der Waals surface area contributed by atoms with Gasteiger partial charge in [0.1, 0.15) is 5.69 Å². The highest BCUT2D eigenvalue weighted by Gasteiger charge is 2.50. The van der Waals surface area contributed by atoms with E-state index in [1.54, 1.807) is 12.1 Å². The van der Waals surface area contributed by atoms with Gasteiger partial charge in [0.15, 0.2) is 11.6 Å². The average molecular weight is 601 g/mol. The number of aromatic nitrogens is 1. The Morgan fingerprint density at radius 3 is 1.98 bits per heavy atom. The van der Waals surface area contributed by atoms with Gasteiger partial charge in [-0.15, -0.1) is 0 Å². The second kappa shape index (κ2) is 12.5. The number of pyridine rings is 1. The smallest absolute Gasteiger partial charge is 0.261 e. The molecule has 1 aromatic heterocycles. The third kappa shape index (κ3) is 6.05. The number of ketones is 1. The van der Waals surface area contributed by atoms with Crippen molar-refractivity contribution in [3.63, 3.8) is 0 Å². The molecule has 0 aliphatic carbocycles. The summed E-state index contributed by atoms with van der Waals surface area (Å²) in [4.78, 5) is 19.3. The number of benzene rings is 3. The molecule has 0 amide bonds. The van der Waals surface area contributed by atoms with Crippen LogP contribution < -0.4 is 15.3 Å². The maximum absolute atomic E-state index is 16.3. The Morgan fingerprint density at radius 2 is 1.47 bits per heavy atom. The number of ether oxygens (including phenoxy) is 1. The summed E-state index contributed by atoms with van der Waals surface area (Å²) in [6.07, 6.45) is 1.08. The fourth-order valence-corrected chi connectivity index (χ4v) is 10.8. The van der Waals surface area contributed by atoms with Crippen molar-refractivity contribution in [3.05, 3.63) is 120 Å². The lowest BCUT2D eigenvalue weighted by Crippen LogP contribution is -2.66. The zero-order chi connectivity index (χ0) is 30.8. The Balaban J connectivity index is 1.68. The van der Waals surface area contributed by atoms with E-state index in [1.807, 2.05) is 55.1 Å². The van der Waals surface area contributed by atoms with Gasteiger partial charge in [0.05, 0.1) is 30.1 Å². The van der Waals surface area contributed by atoms with E-state index in [0.29, 0.717) is 18.7 Å². The summed E-state index contributed by atoms with van der Waals surface area (Å²) in [5.74, 6) is -2.94. The first-order chi connectivity index (χ1) is 20.5. The number of hydrogen-bond acceptors (Lipinski definition) is 5. The number of anilines is 1. The molecule has 0 spiro atoms. The van der Waals surface area contributed by atoms with Gasteiger partial charge in [0.25, 0.3) is 8.32 Å². The minimum absolute atomic E-state index is 0.0254. The highest BCUT2D eigenvalue weighted by molar-refractivity contribution is 6.99. The van der Waals surface area contributed by atoms with Gasteiger partial charge in [-0.2, -0.15) is 0 Å². The summed E-state index contributed by atoms with van der Waals surface area (Å²) in [7, 11) is -3.03. The average Bonchev–Trinajstić information content (AvgIpc) is 2.99. The molecule has 1 aliphatic heterocycles. The third-order valence-electron chi connectivity index (χ3n) is 8.00. The lowest BCUT2D eigenvalue weighted by Gasteiger charge is -2.43.